The molecule has 3 N–H and O–H groups in total. The number of carboxylic acid groups (broad SMARTS) is 1. The summed E-state index contributed by atoms with van der Waals surface area (Å²) < 4.78 is 32.5. The number of amides is 2. The first-order valence-electron chi connectivity index (χ1n) is 10.9. The Hall–Kier alpha value is -3.75. The molecule has 1 unspecified atom stereocenters. The predicted octanol–water partition coefficient (Wildman–Crippen LogP) is 3.55. The van der Waals surface area contributed by atoms with Gasteiger partial charge in [0.05, 0.1) is 5.92 Å². The molecule has 0 aliphatic heterocycles. The Labute approximate surface area is 194 Å². The summed E-state index contributed by atoms with van der Waals surface area (Å²) in [5.74, 6) is -9.15. The van der Waals surface area contributed by atoms with Crippen molar-refractivity contribution in [2.75, 3.05) is 13.2 Å². The Bertz CT molecular complexity index is 1090. The average molecular weight is 470 g/mol. The van der Waals surface area contributed by atoms with Crippen LogP contribution in [0, 0.1) is 11.8 Å². The summed E-state index contributed by atoms with van der Waals surface area (Å²) >= 11 is 0. The molecule has 0 bridgehead atoms. The van der Waals surface area contributed by atoms with Crippen LogP contribution in [0.25, 0.3) is 11.1 Å². The van der Waals surface area contributed by atoms with E-state index in [1.54, 1.807) is 0 Å². The first-order chi connectivity index (χ1) is 16.3. The van der Waals surface area contributed by atoms with Crippen LogP contribution in [-0.2, 0) is 14.3 Å². The highest BCUT2D eigenvalue weighted by Gasteiger charge is 2.72. The van der Waals surface area contributed by atoms with Crippen molar-refractivity contribution in [1.29, 1.82) is 0 Å². The Morgan fingerprint density at radius 2 is 1.68 bits per heavy atom. The fraction of sp³-hybridized carbons (Fsp3) is 0.320. The minimum Gasteiger partial charge on any atom is -0.481 e. The molecule has 0 heterocycles. The van der Waals surface area contributed by atoms with Crippen LogP contribution in [0.3, 0.4) is 0 Å². The number of benzene rings is 2. The van der Waals surface area contributed by atoms with E-state index in [2.05, 4.69) is 17.2 Å². The molecule has 0 saturated heterocycles. The Kier molecular flexibility index (Phi) is 6.37. The normalized spacial score (nSPS) is 20.4. The minimum absolute atomic E-state index is 0.0411. The second-order valence-electron chi connectivity index (χ2n) is 8.39. The summed E-state index contributed by atoms with van der Waals surface area (Å²) in [7, 11) is 0. The molecule has 34 heavy (non-hydrogen) atoms. The van der Waals surface area contributed by atoms with Crippen molar-refractivity contribution >= 4 is 18.0 Å². The molecule has 2 aromatic rings. The molecule has 0 spiro atoms. The molecule has 1 saturated carbocycles. The van der Waals surface area contributed by atoms with E-state index in [0.717, 1.165) is 22.3 Å². The standard InChI is InChI=1S/C25H24F2N2O5/c1-2-7-20(22(30)28-12-19-21(23(31)32)25(19,26)27)29-24(33)34-13-18-16-10-5-3-8-14(16)15-9-4-6-11-17(15)18/h2-6,8-11,18-21H,1,7,12-13H2,(H,28,30)(H,29,33)(H,31,32)/t19-,20?,21-/m0/s1. The van der Waals surface area contributed by atoms with Gasteiger partial charge in [0.25, 0.3) is 5.92 Å². The van der Waals surface area contributed by atoms with Crippen LogP contribution < -0.4 is 10.6 Å². The maximum Gasteiger partial charge on any atom is 0.407 e. The van der Waals surface area contributed by atoms with E-state index < -0.39 is 48.3 Å². The minimum atomic E-state index is -3.37. The number of carbonyl (C=O) groups excluding carboxylic acids is 2. The zero-order chi connectivity index (χ0) is 24.5. The summed E-state index contributed by atoms with van der Waals surface area (Å²) in [6.45, 7) is 3.09. The first-order valence-corrected chi connectivity index (χ1v) is 10.9. The molecule has 4 rings (SSSR count). The first kappa shape index (κ1) is 23.4. The number of carboxylic acids is 1. The van der Waals surface area contributed by atoms with E-state index in [1.807, 2.05) is 48.5 Å². The highest BCUT2D eigenvalue weighted by molar-refractivity contribution is 5.86. The predicted molar refractivity (Wildman–Crippen MR) is 119 cm³/mol. The van der Waals surface area contributed by atoms with Gasteiger partial charge in [-0.25, -0.2) is 13.6 Å². The molecule has 7 nitrogen and oxygen atoms in total. The second-order valence-corrected chi connectivity index (χ2v) is 8.39. The second kappa shape index (κ2) is 9.24. The van der Waals surface area contributed by atoms with Crippen LogP contribution in [0.2, 0.25) is 0 Å². The number of alkyl carbamates (subject to hydrolysis) is 1. The van der Waals surface area contributed by atoms with Gasteiger partial charge in [0, 0.05) is 12.5 Å². The van der Waals surface area contributed by atoms with Gasteiger partial charge in [-0.05, 0) is 28.7 Å². The Balaban J connectivity index is 1.34. The molecule has 2 aliphatic rings. The summed E-state index contributed by atoms with van der Waals surface area (Å²) in [5, 5.41) is 13.6. The number of hydrogen-bond donors (Lipinski definition) is 3. The molecule has 1 fully saturated rings. The molecule has 178 valence electrons. The molecular weight excluding hydrogens is 446 g/mol. The number of alkyl halides is 2. The lowest BCUT2D eigenvalue weighted by molar-refractivity contribution is -0.141. The third-order valence-corrected chi connectivity index (χ3v) is 6.32. The molecule has 0 radical (unpaired) electrons. The number of rotatable bonds is 9. The topological polar surface area (TPSA) is 105 Å². The highest BCUT2D eigenvalue weighted by Crippen LogP contribution is 2.54. The number of ether oxygens (including phenoxy) is 1. The van der Waals surface area contributed by atoms with Crippen LogP contribution in [-0.4, -0.2) is 48.2 Å². The molecular formula is C25H24F2N2O5. The van der Waals surface area contributed by atoms with Crippen LogP contribution in [0.1, 0.15) is 23.5 Å². The van der Waals surface area contributed by atoms with Gasteiger partial charge in [-0.2, -0.15) is 0 Å². The zero-order valence-electron chi connectivity index (χ0n) is 18.2. The van der Waals surface area contributed by atoms with Crippen molar-refractivity contribution in [3.05, 3.63) is 72.3 Å². The van der Waals surface area contributed by atoms with Crippen LogP contribution in [0.5, 0.6) is 0 Å². The van der Waals surface area contributed by atoms with E-state index in [4.69, 9.17) is 9.84 Å². The lowest BCUT2D eigenvalue weighted by Crippen LogP contribution is -2.47. The maximum atomic E-state index is 13.5. The quantitative estimate of drug-likeness (QED) is 0.486. The molecule has 9 heteroatoms. The lowest BCUT2D eigenvalue weighted by atomic mass is 9.98. The van der Waals surface area contributed by atoms with Crippen molar-refractivity contribution in [2.24, 2.45) is 11.8 Å². The average Bonchev–Trinajstić information content (AvgIpc) is 3.23. The van der Waals surface area contributed by atoms with Crippen LogP contribution in [0.15, 0.2) is 61.2 Å². The van der Waals surface area contributed by atoms with Gasteiger partial charge in [0.2, 0.25) is 5.91 Å². The van der Waals surface area contributed by atoms with E-state index in [-0.39, 0.29) is 18.9 Å². The van der Waals surface area contributed by atoms with Gasteiger partial charge in [-0.3, -0.25) is 9.59 Å². The number of hydrogen-bond acceptors (Lipinski definition) is 4. The van der Waals surface area contributed by atoms with Crippen molar-refractivity contribution in [1.82, 2.24) is 10.6 Å². The molecule has 3 atom stereocenters. The number of nitrogens with one attached hydrogen (secondary N) is 2. The maximum absolute atomic E-state index is 13.5. The van der Waals surface area contributed by atoms with Gasteiger partial charge in [-0.15, -0.1) is 6.58 Å². The van der Waals surface area contributed by atoms with Crippen molar-refractivity contribution in [3.63, 3.8) is 0 Å². The van der Waals surface area contributed by atoms with E-state index >= 15 is 0 Å². The van der Waals surface area contributed by atoms with Gasteiger partial charge < -0.3 is 20.5 Å². The third-order valence-electron chi connectivity index (χ3n) is 6.32. The number of carbonyl (C=O) groups is 3. The molecule has 2 aromatic carbocycles. The van der Waals surface area contributed by atoms with Crippen molar-refractivity contribution < 1.29 is 33.0 Å². The third kappa shape index (κ3) is 4.37. The number of fused-ring (bicyclic) bond motifs is 3. The summed E-state index contributed by atoms with van der Waals surface area (Å²) in [6.07, 6.45) is 0.614. The molecule has 2 aliphatic carbocycles. The largest absolute Gasteiger partial charge is 0.481 e. The SMILES string of the molecule is C=CCC(NC(=O)OCC1c2ccccc2-c2ccccc21)C(=O)NC[C@H]1[C@@H](C(=O)O)C1(F)F. The van der Waals surface area contributed by atoms with Gasteiger partial charge in [-0.1, -0.05) is 54.6 Å². The van der Waals surface area contributed by atoms with Crippen molar-refractivity contribution in [3.8, 4) is 11.1 Å². The van der Waals surface area contributed by atoms with E-state index in [9.17, 15) is 23.2 Å². The Morgan fingerprint density at radius 1 is 1.09 bits per heavy atom. The Morgan fingerprint density at radius 3 is 2.21 bits per heavy atom. The summed E-state index contributed by atoms with van der Waals surface area (Å²) in [4.78, 5) is 35.8. The van der Waals surface area contributed by atoms with Gasteiger partial charge >= 0.3 is 12.1 Å². The van der Waals surface area contributed by atoms with E-state index in [0.29, 0.717) is 0 Å². The summed E-state index contributed by atoms with van der Waals surface area (Å²) in [5.41, 5.74) is 4.23. The summed E-state index contributed by atoms with van der Waals surface area (Å²) in [6, 6.07) is 14.6. The fourth-order valence-corrected chi connectivity index (χ4v) is 4.50. The zero-order valence-corrected chi connectivity index (χ0v) is 18.2. The van der Waals surface area contributed by atoms with Gasteiger partial charge in [0.1, 0.15) is 18.6 Å². The highest BCUT2D eigenvalue weighted by atomic mass is 19.3. The number of halogens is 2. The number of aliphatic carboxylic acids is 1. The monoisotopic (exact) mass is 470 g/mol. The van der Waals surface area contributed by atoms with Crippen LogP contribution in [0.4, 0.5) is 13.6 Å². The van der Waals surface area contributed by atoms with E-state index in [1.165, 1.54) is 6.08 Å². The molecule has 0 aromatic heterocycles. The smallest absolute Gasteiger partial charge is 0.407 e. The molecule has 2 amide bonds. The fourth-order valence-electron chi connectivity index (χ4n) is 4.50. The lowest BCUT2D eigenvalue weighted by Gasteiger charge is -2.19. The van der Waals surface area contributed by atoms with Gasteiger partial charge in [0.15, 0.2) is 0 Å². The van der Waals surface area contributed by atoms with Crippen molar-refractivity contribution in [2.45, 2.75) is 24.3 Å². The van der Waals surface area contributed by atoms with Crippen LogP contribution >= 0.6 is 0 Å².